The second-order valence-corrected chi connectivity index (χ2v) is 6.06. The topological polar surface area (TPSA) is 79.7 Å². The zero-order valence-electron chi connectivity index (χ0n) is 11.6. The van der Waals surface area contributed by atoms with E-state index < -0.39 is 7.12 Å². The van der Waals surface area contributed by atoms with E-state index in [4.69, 9.17) is 4.74 Å². The van der Waals surface area contributed by atoms with E-state index in [9.17, 15) is 14.8 Å². The first kappa shape index (κ1) is 15.0. The minimum absolute atomic E-state index is 0.0769. The van der Waals surface area contributed by atoms with Gasteiger partial charge in [0.2, 0.25) is 5.88 Å². The fourth-order valence-electron chi connectivity index (χ4n) is 1.92. The highest BCUT2D eigenvalue weighted by Crippen LogP contribution is 2.27. The van der Waals surface area contributed by atoms with Gasteiger partial charge in [-0.05, 0) is 18.1 Å². The molecule has 0 aliphatic heterocycles. The van der Waals surface area contributed by atoms with E-state index in [1.165, 1.54) is 18.4 Å². The number of carbonyl (C=O) groups excluding carboxylic acids is 1. The summed E-state index contributed by atoms with van der Waals surface area (Å²) < 4.78 is 5.77. The number of carbonyl (C=O) groups is 1. The summed E-state index contributed by atoms with van der Waals surface area (Å²) in [7, 11) is -0.240. The molecule has 20 heavy (non-hydrogen) atoms. The number of rotatable bonds is 5. The average molecular weight is 293 g/mol. The van der Waals surface area contributed by atoms with Crippen LogP contribution in [-0.4, -0.2) is 35.0 Å². The van der Waals surface area contributed by atoms with E-state index in [1.807, 2.05) is 13.8 Å². The van der Waals surface area contributed by atoms with Crippen LogP contribution in [0.3, 0.4) is 0 Å². The van der Waals surface area contributed by atoms with E-state index in [-0.39, 0.29) is 17.1 Å². The van der Waals surface area contributed by atoms with Crippen LogP contribution in [0.4, 0.5) is 0 Å². The van der Waals surface area contributed by atoms with E-state index in [0.29, 0.717) is 22.7 Å². The third-order valence-corrected chi connectivity index (χ3v) is 3.95. The van der Waals surface area contributed by atoms with Gasteiger partial charge in [-0.25, -0.2) is 4.98 Å². The maximum Gasteiger partial charge on any atom is 0.494 e. The molecule has 0 saturated carbocycles. The second-order valence-electron chi connectivity index (χ2n) is 4.98. The van der Waals surface area contributed by atoms with Gasteiger partial charge in [0.05, 0.1) is 22.2 Å². The number of ketones is 1. The number of methoxy groups -OCH3 is 1. The number of fused-ring (bicyclic) bond motifs is 1. The van der Waals surface area contributed by atoms with Crippen molar-refractivity contribution in [2.45, 2.75) is 20.3 Å². The summed E-state index contributed by atoms with van der Waals surface area (Å²) in [6.07, 6.45) is 0.486. The summed E-state index contributed by atoms with van der Waals surface area (Å²) in [4.78, 5) is 16.9. The Bertz CT molecular complexity index is 639. The second kappa shape index (κ2) is 5.91. The smallest absolute Gasteiger partial charge is 0.481 e. The van der Waals surface area contributed by atoms with Crippen LogP contribution in [0.25, 0.3) is 10.2 Å². The number of nitrogens with zero attached hydrogens (tertiary/aromatic N) is 1. The molecule has 0 spiro atoms. The van der Waals surface area contributed by atoms with E-state index in [0.717, 1.165) is 4.70 Å². The summed E-state index contributed by atoms with van der Waals surface area (Å²) in [5.74, 6) is 0.534. The molecule has 0 radical (unpaired) electrons. The standard InChI is InChI=1S/C13H16BNO4S/c1-7(2)4-10(16)12-6-9-11(20-12)5-8(14(17)18)13(15-9)19-3/h5-7,17-18H,4H2,1-3H3. The summed E-state index contributed by atoms with van der Waals surface area (Å²) in [6.45, 7) is 3.99. The lowest BCUT2D eigenvalue weighted by molar-refractivity contribution is 0.0972. The van der Waals surface area contributed by atoms with Gasteiger partial charge in [0.1, 0.15) is 0 Å². The Morgan fingerprint density at radius 3 is 2.70 bits per heavy atom. The molecule has 0 atom stereocenters. The van der Waals surface area contributed by atoms with Crippen LogP contribution in [0.5, 0.6) is 5.88 Å². The maximum absolute atomic E-state index is 12.1. The van der Waals surface area contributed by atoms with Gasteiger partial charge >= 0.3 is 7.12 Å². The molecule has 0 amide bonds. The zero-order valence-corrected chi connectivity index (χ0v) is 12.4. The Hall–Kier alpha value is -1.44. The Kier molecular flexibility index (Phi) is 4.42. The van der Waals surface area contributed by atoms with Crippen molar-refractivity contribution in [3.05, 3.63) is 17.0 Å². The molecule has 0 unspecified atom stereocenters. The summed E-state index contributed by atoms with van der Waals surface area (Å²) in [6, 6.07) is 3.32. The lowest BCUT2D eigenvalue weighted by Crippen LogP contribution is -2.31. The average Bonchev–Trinajstić information content (AvgIpc) is 2.78. The molecule has 2 aromatic rings. The first-order valence-electron chi connectivity index (χ1n) is 6.30. The van der Waals surface area contributed by atoms with Crippen molar-refractivity contribution in [1.82, 2.24) is 4.98 Å². The number of ether oxygens (including phenoxy) is 1. The predicted octanol–water partition coefficient (Wildman–Crippen LogP) is 1.21. The summed E-state index contributed by atoms with van der Waals surface area (Å²) >= 11 is 1.31. The fraction of sp³-hybridized carbons (Fsp3) is 0.385. The molecule has 106 valence electrons. The van der Waals surface area contributed by atoms with Crippen molar-refractivity contribution < 1.29 is 19.6 Å². The van der Waals surface area contributed by atoms with E-state index >= 15 is 0 Å². The molecule has 0 fully saturated rings. The van der Waals surface area contributed by atoms with Gasteiger partial charge in [0.15, 0.2) is 5.78 Å². The van der Waals surface area contributed by atoms with Crippen molar-refractivity contribution >= 4 is 39.9 Å². The first-order valence-corrected chi connectivity index (χ1v) is 7.11. The van der Waals surface area contributed by atoms with Crippen molar-refractivity contribution in [1.29, 1.82) is 0 Å². The number of hydrogen-bond donors (Lipinski definition) is 2. The van der Waals surface area contributed by atoms with Crippen LogP contribution in [0.15, 0.2) is 12.1 Å². The van der Waals surface area contributed by atoms with Crippen molar-refractivity contribution in [3.63, 3.8) is 0 Å². The van der Waals surface area contributed by atoms with Crippen molar-refractivity contribution in [2.24, 2.45) is 5.92 Å². The minimum atomic E-state index is -1.65. The number of Topliss-reactive ketones (excluding diaryl/α,β-unsaturated/α-hetero) is 1. The Labute approximate surface area is 121 Å². The van der Waals surface area contributed by atoms with E-state index in [1.54, 1.807) is 12.1 Å². The van der Waals surface area contributed by atoms with Crippen LogP contribution in [0, 0.1) is 5.92 Å². The SMILES string of the molecule is COc1nc2cc(C(=O)CC(C)C)sc2cc1B(O)O. The van der Waals surface area contributed by atoms with Gasteiger partial charge in [-0.15, -0.1) is 11.3 Å². The quantitative estimate of drug-likeness (QED) is 0.640. The first-order chi connectivity index (χ1) is 9.42. The van der Waals surface area contributed by atoms with Crippen LogP contribution in [-0.2, 0) is 0 Å². The van der Waals surface area contributed by atoms with Crippen LogP contribution >= 0.6 is 11.3 Å². The maximum atomic E-state index is 12.1. The molecule has 7 heteroatoms. The van der Waals surface area contributed by atoms with Gasteiger partial charge in [-0.3, -0.25) is 4.79 Å². The summed E-state index contributed by atoms with van der Waals surface area (Å²) in [5.41, 5.74) is 0.827. The van der Waals surface area contributed by atoms with Crippen molar-refractivity contribution in [2.75, 3.05) is 7.11 Å². The van der Waals surface area contributed by atoms with Gasteiger partial charge in [0, 0.05) is 11.9 Å². The Balaban J connectivity index is 2.46. The highest BCUT2D eigenvalue weighted by atomic mass is 32.1. The molecule has 2 rings (SSSR count). The van der Waals surface area contributed by atoms with Gasteiger partial charge in [-0.1, -0.05) is 13.8 Å². The Morgan fingerprint density at radius 2 is 2.15 bits per heavy atom. The normalized spacial score (nSPS) is 11.1. The minimum Gasteiger partial charge on any atom is -0.481 e. The third kappa shape index (κ3) is 3.00. The van der Waals surface area contributed by atoms with Crippen LogP contribution in [0.2, 0.25) is 0 Å². The molecule has 2 N–H and O–H groups in total. The largest absolute Gasteiger partial charge is 0.494 e. The molecule has 0 aliphatic rings. The molecule has 0 aliphatic carbocycles. The highest BCUT2D eigenvalue weighted by Gasteiger charge is 2.21. The van der Waals surface area contributed by atoms with E-state index in [2.05, 4.69) is 4.98 Å². The van der Waals surface area contributed by atoms with Crippen LogP contribution < -0.4 is 10.2 Å². The van der Waals surface area contributed by atoms with Gasteiger partial charge in [0.25, 0.3) is 0 Å². The number of pyridine rings is 1. The molecule has 0 aromatic carbocycles. The molecule has 0 bridgehead atoms. The lowest BCUT2D eigenvalue weighted by atomic mass is 9.81. The number of hydrogen-bond acceptors (Lipinski definition) is 6. The zero-order chi connectivity index (χ0) is 14.9. The molecule has 2 aromatic heterocycles. The lowest BCUT2D eigenvalue weighted by Gasteiger charge is -2.05. The molecular weight excluding hydrogens is 277 g/mol. The summed E-state index contributed by atoms with van der Waals surface area (Å²) in [5, 5.41) is 18.6. The van der Waals surface area contributed by atoms with Crippen LogP contribution in [0.1, 0.15) is 29.9 Å². The Morgan fingerprint density at radius 1 is 1.45 bits per heavy atom. The number of thiophene rings is 1. The highest BCUT2D eigenvalue weighted by molar-refractivity contribution is 7.20. The fourth-order valence-corrected chi connectivity index (χ4v) is 2.92. The molecule has 2 heterocycles. The molecule has 5 nitrogen and oxygen atoms in total. The van der Waals surface area contributed by atoms with Gasteiger partial charge in [-0.2, -0.15) is 0 Å². The van der Waals surface area contributed by atoms with Gasteiger partial charge < -0.3 is 14.8 Å². The third-order valence-electron chi connectivity index (χ3n) is 2.84. The monoisotopic (exact) mass is 293 g/mol. The molecular formula is C13H16BNO4S. The predicted molar refractivity (Wildman–Crippen MR) is 79.8 cm³/mol. The number of aromatic nitrogens is 1. The van der Waals surface area contributed by atoms with Crippen molar-refractivity contribution in [3.8, 4) is 5.88 Å². The molecule has 0 saturated heterocycles.